The van der Waals surface area contributed by atoms with Gasteiger partial charge in [-0.2, -0.15) is 11.8 Å². The fourth-order valence-corrected chi connectivity index (χ4v) is 3.44. The highest BCUT2D eigenvalue weighted by atomic mass is 32.2. The molecule has 2 aliphatic heterocycles. The Hall–Kier alpha value is 0.270. The molecule has 2 fully saturated rings. The highest BCUT2D eigenvalue weighted by Gasteiger charge is 2.16. The molecular weight excluding hydrogens is 194 g/mol. The number of thioether (sulfide) groups is 1. The molecule has 2 heterocycles. The van der Waals surface area contributed by atoms with Gasteiger partial charge in [0.1, 0.15) is 0 Å². The molecule has 82 valence electrons. The Balaban J connectivity index is 1.46. The summed E-state index contributed by atoms with van der Waals surface area (Å²) < 4.78 is 5.58. The van der Waals surface area contributed by atoms with E-state index >= 15 is 0 Å². The molecule has 0 aromatic carbocycles. The van der Waals surface area contributed by atoms with E-state index in [1.54, 1.807) is 0 Å². The van der Waals surface area contributed by atoms with Crippen LogP contribution >= 0.6 is 11.8 Å². The van der Waals surface area contributed by atoms with Crippen molar-refractivity contribution < 1.29 is 4.74 Å². The number of ether oxygens (including phenoxy) is 1. The molecule has 0 saturated carbocycles. The first-order valence-electron chi connectivity index (χ1n) is 5.89. The van der Waals surface area contributed by atoms with Crippen LogP contribution in [0.1, 0.15) is 32.1 Å². The third-order valence-electron chi connectivity index (χ3n) is 3.06. The Kier molecular flexibility index (Phi) is 4.61. The number of nitrogens with one attached hydrogen (secondary N) is 1. The monoisotopic (exact) mass is 215 g/mol. The Bertz CT molecular complexity index is 135. The zero-order valence-corrected chi connectivity index (χ0v) is 9.65. The van der Waals surface area contributed by atoms with Crippen molar-refractivity contribution in [3.8, 4) is 0 Å². The summed E-state index contributed by atoms with van der Waals surface area (Å²) in [6, 6.07) is 0. The van der Waals surface area contributed by atoms with Crippen molar-refractivity contribution in [2.24, 2.45) is 0 Å². The fraction of sp³-hybridized carbons (Fsp3) is 1.00. The largest absolute Gasteiger partial charge is 0.378 e. The molecule has 2 nitrogen and oxygen atoms in total. The summed E-state index contributed by atoms with van der Waals surface area (Å²) in [5, 5.41) is 4.44. The van der Waals surface area contributed by atoms with Gasteiger partial charge >= 0.3 is 0 Å². The zero-order chi connectivity index (χ0) is 9.64. The van der Waals surface area contributed by atoms with Gasteiger partial charge in [0.2, 0.25) is 0 Å². The van der Waals surface area contributed by atoms with Crippen LogP contribution in [0.3, 0.4) is 0 Å². The number of hydrogen-bond donors (Lipinski definition) is 1. The van der Waals surface area contributed by atoms with Gasteiger partial charge in [0.25, 0.3) is 0 Å². The lowest BCUT2D eigenvalue weighted by Gasteiger charge is -2.12. The van der Waals surface area contributed by atoms with E-state index in [0.29, 0.717) is 6.10 Å². The van der Waals surface area contributed by atoms with Crippen molar-refractivity contribution in [1.29, 1.82) is 0 Å². The fourth-order valence-electron chi connectivity index (χ4n) is 2.20. The third-order valence-corrected chi connectivity index (χ3v) is 4.46. The molecule has 0 aliphatic carbocycles. The summed E-state index contributed by atoms with van der Waals surface area (Å²) in [5.41, 5.74) is 0. The van der Waals surface area contributed by atoms with Crippen LogP contribution in [0.2, 0.25) is 0 Å². The highest BCUT2D eigenvalue weighted by Crippen LogP contribution is 2.25. The molecule has 0 radical (unpaired) electrons. The summed E-state index contributed by atoms with van der Waals surface area (Å²) in [6.45, 7) is 3.34. The van der Waals surface area contributed by atoms with Crippen molar-refractivity contribution in [3.63, 3.8) is 0 Å². The lowest BCUT2D eigenvalue weighted by Crippen LogP contribution is -2.26. The summed E-state index contributed by atoms with van der Waals surface area (Å²) >= 11 is 2.13. The molecule has 0 aromatic rings. The van der Waals surface area contributed by atoms with E-state index in [2.05, 4.69) is 17.1 Å². The molecule has 0 amide bonds. The van der Waals surface area contributed by atoms with Crippen molar-refractivity contribution in [2.75, 3.05) is 25.4 Å². The van der Waals surface area contributed by atoms with Crippen molar-refractivity contribution in [2.45, 2.75) is 43.5 Å². The van der Waals surface area contributed by atoms with Crippen molar-refractivity contribution >= 4 is 11.8 Å². The third kappa shape index (κ3) is 3.44. The molecule has 3 heteroatoms. The predicted octanol–water partition coefficient (Wildman–Crippen LogP) is 2.04. The van der Waals surface area contributed by atoms with Crippen LogP contribution in [-0.2, 0) is 4.74 Å². The molecular formula is C11H21NOS. The van der Waals surface area contributed by atoms with Gasteiger partial charge < -0.3 is 10.1 Å². The van der Waals surface area contributed by atoms with Crippen LogP contribution in [0.25, 0.3) is 0 Å². The van der Waals surface area contributed by atoms with E-state index in [0.717, 1.165) is 18.4 Å². The quantitative estimate of drug-likeness (QED) is 0.709. The summed E-state index contributed by atoms with van der Waals surface area (Å²) in [6.07, 6.45) is 7.14. The molecule has 2 atom stereocenters. The Morgan fingerprint density at radius 2 is 2.29 bits per heavy atom. The maximum absolute atomic E-state index is 5.58. The van der Waals surface area contributed by atoms with Crippen LogP contribution in [0, 0.1) is 0 Å². The number of rotatable bonds is 5. The molecule has 2 saturated heterocycles. The zero-order valence-electron chi connectivity index (χ0n) is 8.84. The average Bonchev–Trinajstić information content (AvgIpc) is 2.86. The van der Waals surface area contributed by atoms with Crippen LogP contribution in [0.15, 0.2) is 0 Å². The van der Waals surface area contributed by atoms with E-state index in [-0.39, 0.29) is 0 Å². The standard InChI is InChI=1S/C11H21NOS/c1-3-10(13-7-1)5-6-12-9-11-4-2-8-14-11/h10-12H,1-9H2. The van der Waals surface area contributed by atoms with E-state index < -0.39 is 0 Å². The van der Waals surface area contributed by atoms with Gasteiger partial charge in [-0.3, -0.25) is 0 Å². The van der Waals surface area contributed by atoms with Crippen molar-refractivity contribution in [3.05, 3.63) is 0 Å². The lowest BCUT2D eigenvalue weighted by molar-refractivity contribution is 0.104. The number of hydrogen-bond acceptors (Lipinski definition) is 3. The molecule has 1 N–H and O–H groups in total. The molecule has 0 spiro atoms. The molecule has 0 aromatic heterocycles. The second-order valence-corrected chi connectivity index (χ2v) is 5.67. The van der Waals surface area contributed by atoms with Gasteiger partial charge in [-0.05, 0) is 44.4 Å². The minimum atomic E-state index is 0.554. The first-order chi connectivity index (χ1) is 6.95. The minimum absolute atomic E-state index is 0.554. The maximum Gasteiger partial charge on any atom is 0.0588 e. The van der Waals surface area contributed by atoms with E-state index in [9.17, 15) is 0 Å². The van der Waals surface area contributed by atoms with E-state index in [4.69, 9.17) is 4.74 Å². The highest BCUT2D eigenvalue weighted by molar-refractivity contribution is 8.00. The summed E-state index contributed by atoms with van der Waals surface area (Å²) in [4.78, 5) is 0. The lowest BCUT2D eigenvalue weighted by atomic mass is 10.2. The second kappa shape index (κ2) is 5.99. The molecule has 2 unspecified atom stereocenters. The Morgan fingerprint density at radius 3 is 3.00 bits per heavy atom. The van der Waals surface area contributed by atoms with Gasteiger partial charge in [-0.25, -0.2) is 0 Å². The van der Waals surface area contributed by atoms with Gasteiger partial charge in [0.05, 0.1) is 6.10 Å². The van der Waals surface area contributed by atoms with E-state index in [1.165, 1.54) is 44.4 Å². The Labute approximate surface area is 91.2 Å². The normalized spacial score (nSPS) is 32.6. The van der Waals surface area contributed by atoms with Gasteiger partial charge in [0.15, 0.2) is 0 Å². The second-order valence-electron chi connectivity index (χ2n) is 4.26. The van der Waals surface area contributed by atoms with Crippen LogP contribution in [0.4, 0.5) is 0 Å². The molecule has 2 aliphatic rings. The molecule has 14 heavy (non-hydrogen) atoms. The van der Waals surface area contributed by atoms with Crippen LogP contribution in [-0.4, -0.2) is 36.8 Å². The van der Waals surface area contributed by atoms with Crippen LogP contribution < -0.4 is 5.32 Å². The SMILES string of the molecule is C1COC(CCNCC2CCCS2)C1. The van der Waals surface area contributed by atoms with Gasteiger partial charge in [0, 0.05) is 18.4 Å². The van der Waals surface area contributed by atoms with Crippen molar-refractivity contribution in [1.82, 2.24) is 5.32 Å². The Morgan fingerprint density at radius 1 is 1.29 bits per heavy atom. The van der Waals surface area contributed by atoms with Gasteiger partial charge in [-0.1, -0.05) is 0 Å². The molecule has 0 bridgehead atoms. The first-order valence-corrected chi connectivity index (χ1v) is 6.94. The van der Waals surface area contributed by atoms with Crippen LogP contribution in [0.5, 0.6) is 0 Å². The van der Waals surface area contributed by atoms with E-state index in [1.807, 2.05) is 0 Å². The smallest absolute Gasteiger partial charge is 0.0588 e. The molecule has 2 rings (SSSR count). The van der Waals surface area contributed by atoms with Gasteiger partial charge in [-0.15, -0.1) is 0 Å². The average molecular weight is 215 g/mol. The topological polar surface area (TPSA) is 21.3 Å². The summed E-state index contributed by atoms with van der Waals surface area (Å²) in [7, 11) is 0. The minimum Gasteiger partial charge on any atom is -0.378 e. The summed E-state index contributed by atoms with van der Waals surface area (Å²) in [5.74, 6) is 1.37. The maximum atomic E-state index is 5.58. The predicted molar refractivity (Wildman–Crippen MR) is 61.9 cm³/mol. The first kappa shape index (κ1) is 10.8.